The first-order valence-electron chi connectivity index (χ1n) is 13.5. The fourth-order valence-corrected chi connectivity index (χ4v) is 4.86. The topological polar surface area (TPSA) is 143 Å². The molecule has 11 nitrogen and oxygen atoms in total. The van der Waals surface area contributed by atoms with Crippen molar-refractivity contribution in [2.45, 2.75) is 51.7 Å². The molecule has 1 saturated heterocycles. The molecule has 3 aromatic rings. The van der Waals surface area contributed by atoms with Gasteiger partial charge in [0.25, 0.3) is 11.8 Å². The number of hydrogen-bond acceptors (Lipinski definition) is 5. The normalized spacial score (nSPS) is 14.5. The van der Waals surface area contributed by atoms with Gasteiger partial charge >= 0.3 is 6.03 Å². The third-order valence-corrected chi connectivity index (χ3v) is 7.36. The smallest absolute Gasteiger partial charge is 0.321 e. The maximum atomic E-state index is 14.2. The molecule has 0 saturated carbocycles. The Morgan fingerprint density at radius 3 is 2.49 bits per heavy atom. The number of anilines is 1. The van der Waals surface area contributed by atoms with E-state index in [1.165, 1.54) is 44.8 Å². The number of primary amides is 1. The summed E-state index contributed by atoms with van der Waals surface area (Å²) < 4.78 is 42.4. The minimum Gasteiger partial charge on any atom is -0.364 e. The van der Waals surface area contributed by atoms with Crippen LogP contribution in [-0.2, 0) is 22.7 Å². The van der Waals surface area contributed by atoms with Crippen LogP contribution < -0.4 is 16.4 Å². The van der Waals surface area contributed by atoms with E-state index in [-0.39, 0.29) is 60.1 Å². The lowest BCUT2D eigenvalue weighted by molar-refractivity contribution is -0.138. The molecule has 5 amide bonds. The third-order valence-electron chi connectivity index (χ3n) is 7.07. The van der Waals surface area contributed by atoms with Gasteiger partial charge in [0, 0.05) is 55.2 Å². The number of rotatable bonds is 9. The van der Waals surface area contributed by atoms with Gasteiger partial charge in [-0.3, -0.25) is 19.1 Å². The highest BCUT2D eigenvalue weighted by molar-refractivity contribution is 6.30. The Hall–Kier alpha value is -4.33. The highest BCUT2D eigenvalue weighted by Crippen LogP contribution is 2.28. The highest BCUT2D eigenvalue weighted by atomic mass is 35.5. The molecular weight excluding hydrogens is 591 g/mol. The van der Waals surface area contributed by atoms with Gasteiger partial charge in [-0.15, -0.1) is 0 Å². The number of aromatic nitrogens is 2. The molecule has 0 atom stereocenters. The van der Waals surface area contributed by atoms with Crippen molar-refractivity contribution in [2.75, 3.05) is 25.0 Å². The number of likely N-dealkylation sites (tertiary alicyclic amines) is 1. The summed E-state index contributed by atoms with van der Waals surface area (Å²) in [7, 11) is 0. The van der Waals surface area contributed by atoms with E-state index in [1.54, 1.807) is 19.9 Å². The molecule has 0 unspecified atom stereocenters. The second kappa shape index (κ2) is 12.9. The second-order valence-corrected chi connectivity index (χ2v) is 10.9. The van der Waals surface area contributed by atoms with Crippen molar-refractivity contribution in [1.82, 2.24) is 24.9 Å². The highest BCUT2D eigenvalue weighted by Gasteiger charge is 2.35. The lowest BCUT2D eigenvalue weighted by Gasteiger charge is -2.31. The number of benzene rings is 2. The van der Waals surface area contributed by atoms with Gasteiger partial charge in [0.15, 0.2) is 5.69 Å². The van der Waals surface area contributed by atoms with E-state index in [1.807, 2.05) is 0 Å². The van der Waals surface area contributed by atoms with Crippen LogP contribution in [-0.4, -0.2) is 74.9 Å². The molecule has 1 aliphatic rings. The number of nitrogens with two attached hydrogens (primary N) is 1. The number of nitrogens with one attached hydrogen (secondary N) is 2. The largest absolute Gasteiger partial charge is 0.364 e. The van der Waals surface area contributed by atoms with Crippen molar-refractivity contribution < 1.29 is 32.3 Å². The first-order chi connectivity index (χ1) is 20.3. The zero-order valence-electron chi connectivity index (χ0n) is 23.5. The molecule has 4 rings (SSSR count). The fraction of sp³-hybridized carbons (Fsp3) is 0.393. The van der Waals surface area contributed by atoms with Crippen LogP contribution in [0.2, 0.25) is 5.02 Å². The Labute approximate surface area is 250 Å². The number of piperidine rings is 1. The van der Waals surface area contributed by atoms with Crippen LogP contribution in [0.15, 0.2) is 36.4 Å². The van der Waals surface area contributed by atoms with Crippen LogP contribution in [0, 0.1) is 5.82 Å². The molecule has 1 aliphatic heterocycles. The Balaban J connectivity index is 1.46. The molecule has 15 heteroatoms. The van der Waals surface area contributed by atoms with Gasteiger partial charge in [0.1, 0.15) is 12.4 Å². The number of fused-ring (bicyclic) bond motifs is 1. The van der Waals surface area contributed by atoms with E-state index in [0.717, 1.165) is 0 Å². The molecule has 1 aromatic heterocycles. The van der Waals surface area contributed by atoms with Gasteiger partial charge in [-0.1, -0.05) is 23.7 Å². The fourth-order valence-electron chi connectivity index (χ4n) is 4.67. The van der Waals surface area contributed by atoms with E-state index in [4.69, 9.17) is 17.3 Å². The summed E-state index contributed by atoms with van der Waals surface area (Å²) >= 11 is 5.79. The Morgan fingerprint density at radius 1 is 1.14 bits per heavy atom. The molecule has 43 heavy (non-hydrogen) atoms. The van der Waals surface area contributed by atoms with Crippen LogP contribution >= 0.6 is 11.6 Å². The predicted octanol–water partition coefficient (Wildman–Crippen LogP) is 3.74. The van der Waals surface area contributed by atoms with E-state index in [0.29, 0.717) is 5.52 Å². The number of nitrogens with zero attached hydrogens (tertiary/aromatic N) is 4. The summed E-state index contributed by atoms with van der Waals surface area (Å²) in [4.78, 5) is 53.3. The molecule has 0 aliphatic carbocycles. The number of halogens is 4. The minimum atomic E-state index is -2.80. The average Bonchev–Trinajstić information content (AvgIpc) is 3.29. The van der Waals surface area contributed by atoms with E-state index in [2.05, 4.69) is 15.7 Å². The zero-order valence-corrected chi connectivity index (χ0v) is 24.3. The minimum absolute atomic E-state index is 0.0728. The van der Waals surface area contributed by atoms with Crippen molar-refractivity contribution >= 4 is 51.9 Å². The van der Waals surface area contributed by atoms with Crippen molar-refractivity contribution in [3.8, 4) is 0 Å². The molecule has 0 bridgehead atoms. The van der Waals surface area contributed by atoms with Crippen molar-refractivity contribution in [2.24, 2.45) is 5.73 Å². The Kier molecular flexibility index (Phi) is 9.48. The lowest BCUT2D eigenvalue weighted by atomic mass is 10.1. The monoisotopic (exact) mass is 621 g/mol. The summed E-state index contributed by atoms with van der Waals surface area (Å²) in [5.74, 6) is -5.33. The number of amides is 5. The maximum Gasteiger partial charge on any atom is 0.321 e. The van der Waals surface area contributed by atoms with Gasteiger partial charge in [-0.25, -0.2) is 18.0 Å². The lowest BCUT2D eigenvalue weighted by Crippen LogP contribution is -2.45. The first-order valence-corrected chi connectivity index (χ1v) is 13.9. The van der Waals surface area contributed by atoms with Crippen LogP contribution in [0.25, 0.3) is 10.9 Å². The summed E-state index contributed by atoms with van der Waals surface area (Å²) in [6.07, 6.45) is -0.858. The quantitative estimate of drug-likeness (QED) is 0.334. The Morgan fingerprint density at radius 2 is 1.84 bits per heavy atom. The van der Waals surface area contributed by atoms with Gasteiger partial charge < -0.3 is 26.2 Å². The number of hydrogen-bond donors (Lipinski definition) is 3. The summed E-state index contributed by atoms with van der Waals surface area (Å²) in [6.45, 7) is 2.45. The van der Waals surface area contributed by atoms with Crippen molar-refractivity contribution in [1.29, 1.82) is 0 Å². The van der Waals surface area contributed by atoms with Crippen molar-refractivity contribution in [3.63, 3.8) is 0 Å². The number of alkyl halides is 2. The molecule has 230 valence electrons. The number of carbonyl (C=O) groups excluding carboxylic acids is 4. The van der Waals surface area contributed by atoms with Crippen LogP contribution in [0.5, 0.6) is 0 Å². The van der Waals surface area contributed by atoms with Gasteiger partial charge in [-0.05, 0) is 38.1 Å². The standard InChI is InChI=1S/C28H31ClF3N7O4/c1-16(2)38(14-22(40)34-13-17-4-3-5-20(29)24(17)30)23(41)15-39-21-7-6-18(12-19(21)25(36-39)26(33)42)35-27(43)37-10-8-28(31,32)9-11-37/h3-7,12,16H,8-11,13-15H2,1-2H3,(H2,33,42)(H,34,40)(H,35,43). The van der Waals surface area contributed by atoms with Gasteiger partial charge in [-0.2, -0.15) is 5.10 Å². The van der Waals surface area contributed by atoms with E-state index >= 15 is 0 Å². The average molecular weight is 622 g/mol. The van der Waals surface area contributed by atoms with Gasteiger partial charge in [0.05, 0.1) is 17.1 Å². The summed E-state index contributed by atoms with van der Waals surface area (Å²) in [5.41, 5.74) is 6.22. The van der Waals surface area contributed by atoms with Crippen LogP contribution in [0.3, 0.4) is 0 Å². The van der Waals surface area contributed by atoms with Crippen LogP contribution in [0.4, 0.5) is 23.7 Å². The van der Waals surface area contributed by atoms with Gasteiger partial charge in [0.2, 0.25) is 11.8 Å². The summed E-state index contributed by atoms with van der Waals surface area (Å²) in [6, 6.07) is 7.99. The summed E-state index contributed by atoms with van der Waals surface area (Å²) in [5, 5.41) is 9.61. The van der Waals surface area contributed by atoms with E-state index in [9.17, 15) is 32.3 Å². The molecule has 1 fully saturated rings. The van der Waals surface area contributed by atoms with Crippen LogP contribution in [0.1, 0.15) is 42.7 Å². The molecular formula is C28H31ClF3N7O4. The molecule has 0 spiro atoms. The molecule has 4 N–H and O–H groups in total. The number of urea groups is 1. The predicted molar refractivity (Wildman–Crippen MR) is 153 cm³/mol. The molecule has 0 radical (unpaired) electrons. The zero-order chi connectivity index (χ0) is 31.5. The number of carbonyl (C=O) groups is 4. The second-order valence-electron chi connectivity index (χ2n) is 10.5. The maximum absolute atomic E-state index is 14.2. The molecule has 2 aromatic carbocycles. The first kappa shape index (κ1) is 31.6. The third kappa shape index (κ3) is 7.55. The SMILES string of the molecule is CC(C)N(CC(=O)NCc1cccc(Cl)c1F)C(=O)Cn1nc(C(N)=O)c2cc(NC(=O)N3CCC(F)(F)CC3)ccc21. The van der Waals surface area contributed by atoms with E-state index < -0.39 is 54.4 Å². The Bertz CT molecular complexity index is 1550. The van der Waals surface area contributed by atoms with Crippen molar-refractivity contribution in [3.05, 3.63) is 58.5 Å². The molecule has 2 heterocycles.